The summed E-state index contributed by atoms with van der Waals surface area (Å²) in [6, 6.07) is 13.2. The van der Waals surface area contributed by atoms with E-state index in [0.29, 0.717) is 6.54 Å². The molecule has 0 saturated heterocycles. The second-order valence-corrected chi connectivity index (χ2v) is 4.94. The number of amides is 1. The Morgan fingerprint density at radius 2 is 1.86 bits per heavy atom. The number of aryl methyl sites for hydroxylation is 1. The minimum absolute atomic E-state index is 0.0110. The van der Waals surface area contributed by atoms with Crippen LogP contribution in [0.4, 0.5) is 5.69 Å². The lowest BCUT2D eigenvalue weighted by molar-refractivity contribution is -0.118. The van der Waals surface area contributed by atoms with Gasteiger partial charge in [0, 0.05) is 12.2 Å². The van der Waals surface area contributed by atoms with Gasteiger partial charge in [0.2, 0.25) is 0 Å². The van der Waals surface area contributed by atoms with Gasteiger partial charge in [-0.25, -0.2) is 0 Å². The number of carbonyl (C=O) groups is 1. The van der Waals surface area contributed by atoms with Crippen LogP contribution in [0.25, 0.3) is 0 Å². The Kier molecular flexibility index (Phi) is 4.95. The second-order valence-electron chi connectivity index (χ2n) is 4.94. The molecule has 1 amide bonds. The lowest BCUT2D eigenvalue weighted by atomic mass is 10.1. The smallest absolute Gasteiger partial charge is 0.262 e. The molecule has 2 aromatic carbocycles. The van der Waals surface area contributed by atoms with Crippen LogP contribution < -0.4 is 15.8 Å². The maximum atomic E-state index is 11.9. The molecule has 2 aromatic rings. The van der Waals surface area contributed by atoms with Gasteiger partial charge in [-0.2, -0.15) is 0 Å². The van der Waals surface area contributed by atoms with E-state index >= 15 is 0 Å². The van der Waals surface area contributed by atoms with Gasteiger partial charge >= 0.3 is 0 Å². The van der Waals surface area contributed by atoms with Crippen LogP contribution in [0.3, 0.4) is 0 Å². The first-order valence-corrected chi connectivity index (χ1v) is 6.88. The van der Waals surface area contributed by atoms with Gasteiger partial charge in [-0.3, -0.25) is 4.79 Å². The summed E-state index contributed by atoms with van der Waals surface area (Å²) in [7, 11) is 0. The molecule has 3 N–H and O–H groups in total. The lowest BCUT2D eigenvalue weighted by Gasteiger charge is -2.11. The first kappa shape index (κ1) is 15.1. The van der Waals surface area contributed by atoms with E-state index in [9.17, 15) is 4.79 Å². The summed E-state index contributed by atoms with van der Waals surface area (Å²) in [6.45, 7) is 4.47. The number of hydrogen-bond donors (Lipinski definition) is 2. The molecule has 0 aromatic heterocycles. The SMILES string of the molecule is Cc1cccc(OCC(=O)Nc2ccc(CN)cc2)c1C. The minimum atomic E-state index is -0.184. The Balaban J connectivity index is 1.91. The molecular weight excluding hydrogens is 264 g/mol. The Morgan fingerprint density at radius 1 is 1.14 bits per heavy atom. The molecule has 4 nitrogen and oxygen atoms in total. The van der Waals surface area contributed by atoms with Crippen molar-refractivity contribution in [3.63, 3.8) is 0 Å². The fourth-order valence-electron chi connectivity index (χ4n) is 1.95. The first-order chi connectivity index (χ1) is 10.1. The summed E-state index contributed by atoms with van der Waals surface area (Å²) in [5.74, 6) is 0.556. The monoisotopic (exact) mass is 284 g/mol. The average molecular weight is 284 g/mol. The number of nitrogens with one attached hydrogen (secondary N) is 1. The molecule has 0 saturated carbocycles. The summed E-state index contributed by atoms with van der Waals surface area (Å²) < 4.78 is 5.56. The van der Waals surface area contributed by atoms with Crippen molar-refractivity contribution in [2.24, 2.45) is 5.73 Å². The third-order valence-corrected chi connectivity index (χ3v) is 3.39. The number of rotatable bonds is 5. The van der Waals surface area contributed by atoms with Gasteiger partial charge in [0.1, 0.15) is 5.75 Å². The van der Waals surface area contributed by atoms with Gasteiger partial charge in [0.25, 0.3) is 5.91 Å². The molecule has 2 rings (SSSR count). The number of hydrogen-bond acceptors (Lipinski definition) is 3. The van der Waals surface area contributed by atoms with Crippen molar-refractivity contribution >= 4 is 11.6 Å². The zero-order chi connectivity index (χ0) is 15.2. The molecule has 110 valence electrons. The van der Waals surface area contributed by atoms with Gasteiger partial charge in [-0.15, -0.1) is 0 Å². The quantitative estimate of drug-likeness (QED) is 0.887. The lowest BCUT2D eigenvalue weighted by Crippen LogP contribution is -2.20. The number of ether oxygens (including phenoxy) is 1. The predicted molar refractivity (Wildman–Crippen MR) is 84.4 cm³/mol. The molecule has 0 radical (unpaired) electrons. The van der Waals surface area contributed by atoms with Crippen LogP contribution >= 0.6 is 0 Å². The zero-order valence-corrected chi connectivity index (χ0v) is 12.3. The van der Waals surface area contributed by atoms with Crippen molar-refractivity contribution < 1.29 is 9.53 Å². The average Bonchev–Trinajstić information content (AvgIpc) is 2.49. The summed E-state index contributed by atoms with van der Waals surface area (Å²) in [6.07, 6.45) is 0. The van der Waals surface area contributed by atoms with Crippen molar-refractivity contribution in [2.45, 2.75) is 20.4 Å². The van der Waals surface area contributed by atoms with E-state index < -0.39 is 0 Å². The predicted octanol–water partition coefficient (Wildman–Crippen LogP) is 2.78. The standard InChI is InChI=1S/C17H20N2O2/c1-12-4-3-5-16(13(12)2)21-11-17(20)19-15-8-6-14(10-18)7-9-15/h3-9H,10-11,18H2,1-2H3,(H,19,20). The molecule has 0 fully saturated rings. The Morgan fingerprint density at radius 3 is 2.52 bits per heavy atom. The highest BCUT2D eigenvalue weighted by atomic mass is 16.5. The van der Waals surface area contributed by atoms with Crippen LogP contribution in [0.15, 0.2) is 42.5 Å². The molecule has 0 aliphatic rings. The number of nitrogens with two attached hydrogens (primary N) is 1. The maximum Gasteiger partial charge on any atom is 0.262 e. The molecule has 0 aliphatic heterocycles. The van der Waals surface area contributed by atoms with E-state index in [1.54, 1.807) is 0 Å². The molecule has 0 heterocycles. The molecular formula is C17H20N2O2. The third kappa shape index (κ3) is 4.07. The Labute approximate surface area is 124 Å². The second kappa shape index (κ2) is 6.90. The molecule has 0 atom stereocenters. The van der Waals surface area contributed by atoms with Crippen LogP contribution in [-0.2, 0) is 11.3 Å². The summed E-state index contributed by atoms with van der Waals surface area (Å²) in [4.78, 5) is 11.9. The maximum absolute atomic E-state index is 11.9. The van der Waals surface area contributed by atoms with Crippen molar-refractivity contribution in [3.8, 4) is 5.75 Å². The van der Waals surface area contributed by atoms with Gasteiger partial charge in [-0.05, 0) is 48.7 Å². The van der Waals surface area contributed by atoms with Crippen LogP contribution in [0, 0.1) is 13.8 Å². The van der Waals surface area contributed by atoms with Crippen molar-refractivity contribution in [1.82, 2.24) is 0 Å². The molecule has 21 heavy (non-hydrogen) atoms. The Bertz CT molecular complexity index is 621. The highest BCUT2D eigenvalue weighted by Crippen LogP contribution is 2.20. The van der Waals surface area contributed by atoms with Crippen LogP contribution in [0.5, 0.6) is 5.75 Å². The van der Waals surface area contributed by atoms with E-state index in [4.69, 9.17) is 10.5 Å². The number of carbonyl (C=O) groups excluding carboxylic acids is 1. The highest BCUT2D eigenvalue weighted by Gasteiger charge is 2.06. The fourth-order valence-corrected chi connectivity index (χ4v) is 1.95. The molecule has 0 aliphatic carbocycles. The fraction of sp³-hybridized carbons (Fsp3) is 0.235. The van der Waals surface area contributed by atoms with Gasteiger partial charge < -0.3 is 15.8 Å². The van der Waals surface area contributed by atoms with Crippen LogP contribution in [0.1, 0.15) is 16.7 Å². The summed E-state index contributed by atoms with van der Waals surface area (Å²) >= 11 is 0. The van der Waals surface area contributed by atoms with E-state index in [-0.39, 0.29) is 12.5 Å². The van der Waals surface area contributed by atoms with Gasteiger partial charge in [-0.1, -0.05) is 24.3 Å². The Hall–Kier alpha value is -2.33. The van der Waals surface area contributed by atoms with E-state index in [2.05, 4.69) is 5.32 Å². The normalized spacial score (nSPS) is 10.2. The third-order valence-electron chi connectivity index (χ3n) is 3.39. The van der Waals surface area contributed by atoms with Crippen molar-refractivity contribution in [3.05, 3.63) is 59.2 Å². The first-order valence-electron chi connectivity index (χ1n) is 6.88. The molecule has 0 spiro atoms. The van der Waals surface area contributed by atoms with Crippen LogP contribution in [0.2, 0.25) is 0 Å². The molecule has 4 heteroatoms. The highest BCUT2D eigenvalue weighted by molar-refractivity contribution is 5.91. The number of benzene rings is 2. The van der Waals surface area contributed by atoms with Gasteiger partial charge in [0.05, 0.1) is 0 Å². The van der Waals surface area contributed by atoms with E-state index in [1.165, 1.54) is 0 Å². The van der Waals surface area contributed by atoms with E-state index in [0.717, 1.165) is 28.1 Å². The van der Waals surface area contributed by atoms with Gasteiger partial charge in [0.15, 0.2) is 6.61 Å². The zero-order valence-electron chi connectivity index (χ0n) is 12.3. The largest absolute Gasteiger partial charge is 0.483 e. The van der Waals surface area contributed by atoms with Crippen LogP contribution in [-0.4, -0.2) is 12.5 Å². The van der Waals surface area contributed by atoms with Crippen molar-refractivity contribution in [2.75, 3.05) is 11.9 Å². The summed E-state index contributed by atoms with van der Waals surface area (Å²) in [5.41, 5.74) is 9.49. The molecule has 0 bridgehead atoms. The van der Waals surface area contributed by atoms with E-state index in [1.807, 2.05) is 56.3 Å². The summed E-state index contributed by atoms with van der Waals surface area (Å²) in [5, 5.41) is 2.79. The van der Waals surface area contributed by atoms with Crippen molar-refractivity contribution in [1.29, 1.82) is 0 Å². The molecule has 0 unspecified atom stereocenters. The minimum Gasteiger partial charge on any atom is -0.483 e. The topological polar surface area (TPSA) is 64.3 Å². The number of anilines is 1.